The molecule has 0 bridgehead atoms. The number of hydrogen-bond acceptors (Lipinski definition) is 10. The summed E-state index contributed by atoms with van der Waals surface area (Å²) < 4.78 is 17.7. The maximum atomic E-state index is 13.5. The van der Waals surface area contributed by atoms with Crippen LogP contribution < -0.4 is 5.32 Å². The van der Waals surface area contributed by atoms with Crippen LogP contribution in [0.15, 0.2) is 134 Å². The summed E-state index contributed by atoms with van der Waals surface area (Å²) in [6.07, 6.45) is 80.5. The zero-order chi connectivity index (χ0) is 64.6. The Balaban J connectivity index is 2.57. The Bertz CT molecular complexity index is 1960. The average Bonchev–Trinajstić information content (AvgIpc) is 1.43. The highest BCUT2D eigenvalue weighted by Gasteiger charge is 2.47. The molecule has 1 amide bonds. The van der Waals surface area contributed by atoms with Crippen molar-refractivity contribution in [2.45, 2.75) is 333 Å². The van der Waals surface area contributed by atoms with Crippen LogP contribution in [0.5, 0.6) is 0 Å². The SMILES string of the molecule is CC/C=C\C/C=C\C/C=C\C/C=C\C/C=C\C/C=C\CCCCCCCCCCC(=O)OC1C(OCC(NC(=O)C(O)CCCCCCCC/C=C\C/C=C\C/C=C\C/C=C\CCCCC)C(O)/C=C/CCCCCCCCCCC)OC(CO)C(O)C1O. The second-order valence-corrected chi connectivity index (χ2v) is 24.2. The summed E-state index contributed by atoms with van der Waals surface area (Å²) in [5, 5.41) is 57.2. The first-order chi connectivity index (χ1) is 43.7. The van der Waals surface area contributed by atoms with Gasteiger partial charge in [0.2, 0.25) is 5.91 Å². The maximum absolute atomic E-state index is 13.5. The van der Waals surface area contributed by atoms with E-state index >= 15 is 0 Å². The normalized spacial score (nSPS) is 18.9. The summed E-state index contributed by atoms with van der Waals surface area (Å²) in [4.78, 5) is 26.7. The van der Waals surface area contributed by atoms with Gasteiger partial charge in [0.15, 0.2) is 12.4 Å². The summed E-state index contributed by atoms with van der Waals surface area (Å²) in [5.41, 5.74) is 0. The summed E-state index contributed by atoms with van der Waals surface area (Å²) in [6, 6.07) is -1.04. The number of aliphatic hydroxyl groups excluding tert-OH is 5. The van der Waals surface area contributed by atoms with E-state index in [1.54, 1.807) is 6.08 Å². The molecule has 0 spiro atoms. The third kappa shape index (κ3) is 51.1. The minimum atomic E-state index is -1.63. The second-order valence-electron chi connectivity index (χ2n) is 24.2. The van der Waals surface area contributed by atoms with Crippen molar-refractivity contribution in [3.63, 3.8) is 0 Å². The van der Waals surface area contributed by atoms with E-state index in [-0.39, 0.29) is 19.4 Å². The predicted molar refractivity (Wildman–Crippen MR) is 374 cm³/mol. The molecule has 0 radical (unpaired) electrons. The first-order valence-corrected chi connectivity index (χ1v) is 36.0. The van der Waals surface area contributed by atoms with E-state index in [2.05, 4.69) is 148 Å². The molecule has 8 unspecified atom stereocenters. The maximum Gasteiger partial charge on any atom is 0.306 e. The lowest BCUT2D eigenvalue weighted by Gasteiger charge is -2.41. The minimum Gasteiger partial charge on any atom is -0.454 e. The standard InChI is InChI=1S/C78H131NO10/c1-4-7-10-13-16-19-22-24-26-28-30-32-34-35-36-37-38-40-42-44-46-48-51-54-57-60-63-66-73(83)89-76-75(85)74(84)72(67-80)88-78(76)87-68-69(70(81)64-61-58-55-52-49-21-18-15-12-9-6-3)79-77(86)71(82)65-62-59-56-53-50-47-45-43-41-39-33-31-29-27-25-23-20-17-14-11-8-5-2/h7,10,16-17,19-20,24-27,30-33,35-36,38,40-41,43,61,64,69-72,74-76,78,80-82,84-85H,4-6,8-9,11-15,18,21-23,28-29,34,37,39,42,44-60,62-63,65-68H2,1-3H3,(H,79,86)/b10-7-,19-16-,20-17-,26-24-,27-25-,32-30-,33-31-,36-35-,40-38-,43-41-,64-61+. The molecule has 8 atom stereocenters. The van der Waals surface area contributed by atoms with Crippen LogP contribution in [0.4, 0.5) is 0 Å². The third-order valence-corrected chi connectivity index (χ3v) is 16.0. The molecule has 0 aromatic carbocycles. The number of amides is 1. The van der Waals surface area contributed by atoms with Gasteiger partial charge in [-0.15, -0.1) is 0 Å². The van der Waals surface area contributed by atoms with Crippen LogP contribution in [-0.4, -0.2) is 99.6 Å². The molecular weight excluding hydrogens is 1110 g/mol. The Morgan fingerprint density at radius 1 is 0.449 bits per heavy atom. The first kappa shape index (κ1) is 82.8. The van der Waals surface area contributed by atoms with Gasteiger partial charge in [-0.25, -0.2) is 0 Å². The van der Waals surface area contributed by atoms with Gasteiger partial charge in [-0.1, -0.05) is 289 Å². The quantitative estimate of drug-likeness (QED) is 0.0195. The van der Waals surface area contributed by atoms with Crippen LogP contribution >= 0.6 is 0 Å². The van der Waals surface area contributed by atoms with E-state index in [0.29, 0.717) is 12.8 Å². The van der Waals surface area contributed by atoms with Crippen LogP contribution in [0.25, 0.3) is 0 Å². The smallest absolute Gasteiger partial charge is 0.306 e. The van der Waals surface area contributed by atoms with Crippen molar-refractivity contribution >= 4 is 11.9 Å². The highest BCUT2D eigenvalue weighted by atomic mass is 16.7. The van der Waals surface area contributed by atoms with Crippen molar-refractivity contribution in [1.29, 1.82) is 0 Å². The van der Waals surface area contributed by atoms with Gasteiger partial charge in [-0.2, -0.15) is 0 Å². The molecule has 11 nitrogen and oxygen atoms in total. The van der Waals surface area contributed by atoms with Gasteiger partial charge in [0, 0.05) is 6.42 Å². The Labute approximate surface area is 543 Å². The van der Waals surface area contributed by atoms with E-state index in [9.17, 15) is 35.1 Å². The summed E-state index contributed by atoms with van der Waals surface area (Å²) in [6.45, 7) is 5.64. The lowest BCUT2D eigenvalue weighted by molar-refractivity contribution is -0.305. The predicted octanol–water partition coefficient (Wildman–Crippen LogP) is 18.7. The van der Waals surface area contributed by atoms with Gasteiger partial charge in [0.05, 0.1) is 25.4 Å². The third-order valence-electron chi connectivity index (χ3n) is 16.0. The average molecular weight is 1240 g/mol. The van der Waals surface area contributed by atoms with Crippen molar-refractivity contribution in [2.24, 2.45) is 0 Å². The van der Waals surface area contributed by atoms with Gasteiger partial charge in [0.1, 0.15) is 24.4 Å². The number of allylic oxidation sites excluding steroid dienone is 21. The van der Waals surface area contributed by atoms with Crippen LogP contribution in [0.3, 0.4) is 0 Å². The number of ether oxygens (including phenoxy) is 3. The van der Waals surface area contributed by atoms with Crippen LogP contribution in [0.1, 0.15) is 284 Å². The Kier molecular flexibility index (Phi) is 59.5. The number of carbonyl (C=O) groups excluding carboxylic acids is 2. The fraction of sp³-hybridized carbons (Fsp3) is 0.692. The van der Waals surface area contributed by atoms with E-state index in [0.717, 1.165) is 154 Å². The van der Waals surface area contributed by atoms with E-state index < -0.39 is 67.4 Å². The molecule has 0 aliphatic carbocycles. The molecule has 1 aliphatic rings. The van der Waals surface area contributed by atoms with Gasteiger partial charge >= 0.3 is 5.97 Å². The van der Waals surface area contributed by atoms with Crippen molar-refractivity contribution < 1.29 is 49.3 Å². The first-order valence-electron chi connectivity index (χ1n) is 36.0. The van der Waals surface area contributed by atoms with Gasteiger partial charge < -0.3 is 45.1 Å². The molecule has 6 N–H and O–H groups in total. The van der Waals surface area contributed by atoms with Crippen LogP contribution in [0, 0.1) is 0 Å². The number of aliphatic hydroxyl groups is 5. The van der Waals surface area contributed by atoms with Crippen molar-refractivity contribution in [3.8, 4) is 0 Å². The van der Waals surface area contributed by atoms with Gasteiger partial charge in [-0.05, 0) is 122 Å². The molecule has 1 fully saturated rings. The van der Waals surface area contributed by atoms with Crippen LogP contribution in [-0.2, 0) is 23.8 Å². The molecule has 0 aromatic heterocycles. The van der Waals surface area contributed by atoms with E-state index in [1.165, 1.54) is 83.5 Å². The molecule has 0 saturated carbocycles. The number of hydrogen-bond donors (Lipinski definition) is 6. The zero-order valence-corrected chi connectivity index (χ0v) is 56.5. The minimum absolute atomic E-state index is 0.104. The second kappa shape index (κ2) is 63.9. The zero-order valence-electron chi connectivity index (χ0n) is 56.5. The fourth-order valence-corrected chi connectivity index (χ4v) is 10.4. The Hall–Kier alpha value is -4.20. The topological polar surface area (TPSA) is 175 Å². The number of unbranched alkanes of at least 4 members (excludes halogenated alkanes) is 26. The molecule has 89 heavy (non-hydrogen) atoms. The fourth-order valence-electron chi connectivity index (χ4n) is 10.4. The molecule has 1 saturated heterocycles. The lowest BCUT2D eigenvalue weighted by Crippen LogP contribution is -2.61. The number of carbonyl (C=O) groups is 2. The van der Waals surface area contributed by atoms with E-state index in [4.69, 9.17) is 14.2 Å². The molecule has 1 heterocycles. The Morgan fingerprint density at radius 2 is 0.809 bits per heavy atom. The molecule has 11 heteroatoms. The summed E-state index contributed by atoms with van der Waals surface area (Å²) in [7, 11) is 0. The number of nitrogens with one attached hydrogen (secondary N) is 1. The van der Waals surface area contributed by atoms with E-state index in [1.807, 2.05) is 6.08 Å². The van der Waals surface area contributed by atoms with Gasteiger partial charge in [-0.3, -0.25) is 9.59 Å². The molecule has 1 aliphatic heterocycles. The number of rotatable bonds is 60. The molecular formula is C78H131NO10. The lowest BCUT2D eigenvalue weighted by atomic mass is 9.99. The van der Waals surface area contributed by atoms with Crippen molar-refractivity contribution in [1.82, 2.24) is 5.32 Å². The highest BCUT2D eigenvalue weighted by molar-refractivity contribution is 5.80. The largest absolute Gasteiger partial charge is 0.454 e. The number of esters is 1. The summed E-state index contributed by atoms with van der Waals surface area (Å²) in [5.74, 6) is -1.22. The van der Waals surface area contributed by atoms with Crippen LogP contribution in [0.2, 0.25) is 0 Å². The monoisotopic (exact) mass is 1240 g/mol. The highest BCUT2D eigenvalue weighted by Crippen LogP contribution is 2.26. The molecule has 508 valence electrons. The van der Waals surface area contributed by atoms with Crippen molar-refractivity contribution in [2.75, 3.05) is 13.2 Å². The van der Waals surface area contributed by atoms with Gasteiger partial charge in [0.25, 0.3) is 0 Å². The van der Waals surface area contributed by atoms with Crippen molar-refractivity contribution in [3.05, 3.63) is 134 Å². The Morgan fingerprint density at radius 3 is 1.24 bits per heavy atom. The summed E-state index contributed by atoms with van der Waals surface area (Å²) >= 11 is 0. The molecule has 1 rings (SSSR count). The molecule has 0 aromatic rings.